The Morgan fingerprint density at radius 2 is 1.95 bits per heavy atom. The van der Waals surface area contributed by atoms with E-state index in [1.54, 1.807) is 6.07 Å². The summed E-state index contributed by atoms with van der Waals surface area (Å²) in [4.78, 5) is 6.79. The first-order valence-corrected chi connectivity index (χ1v) is 6.37. The molecule has 3 rings (SSSR count). The van der Waals surface area contributed by atoms with Gasteiger partial charge in [0, 0.05) is 11.8 Å². The van der Waals surface area contributed by atoms with Gasteiger partial charge >= 0.3 is 6.18 Å². The summed E-state index contributed by atoms with van der Waals surface area (Å²) in [5.41, 5.74) is 0.220. The van der Waals surface area contributed by atoms with Crippen molar-refractivity contribution in [2.45, 2.75) is 6.18 Å². The Labute approximate surface area is 115 Å². The molecule has 100 valence electrons. The maximum Gasteiger partial charge on any atom is 0.417 e. The number of alkyl halides is 3. The number of nitrogens with one attached hydrogen (secondary N) is 1. The molecule has 2 heterocycles. The summed E-state index contributed by atoms with van der Waals surface area (Å²) < 4.78 is 39.7. The maximum absolute atomic E-state index is 13.0. The number of nitriles is 1. The summed E-state index contributed by atoms with van der Waals surface area (Å²) in [7, 11) is 0. The summed E-state index contributed by atoms with van der Waals surface area (Å²) in [6.07, 6.45) is -2.94. The fourth-order valence-corrected chi connectivity index (χ4v) is 2.88. The van der Waals surface area contributed by atoms with Gasteiger partial charge in [0.05, 0.1) is 10.3 Å². The summed E-state index contributed by atoms with van der Waals surface area (Å²) in [5.74, 6) is 0. The molecule has 7 heteroatoms. The van der Waals surface area contributed by atoms with Crippen LogP contribution in [0.1, 0.15) is 10.6 Å². The molecule has 0 amide bonds. The van der Waals surface area contributed by atoms with Crippen molar-refractivity contribution in [3.63, 3.8) is 0 Å². The number of rotatable bonds is 1. The minimum absolute atomic E-state index is 0.0828. The van der Waals surface area contributed by atoms with Gasteiger partial charge in [0.2, 0.25) is 0 Å². The van der Waals surface area contributed by atoms with Crippen LogP contribution in [0, 0.1) is 11.3 Å². The molecule has 0 unspecified atom stereocenters. The Kier molecular flexibility index (Phi) is 2.76. The lowest BCUT2D eigenvalue weighted by Gasteiger charge is -2.11. The van der Waals surface area contributed by atoms with E-state index in [-0.39, 0.29) is 10.6 Å². The van der Waals surface area contributed by atoms with Gasteiger partial charge in [0.1, 0.15) is 6.07 Å². The summed E-state index contributed by atoms with van der Waals surface area (Å²) >= 11 is 1.07. The van der Waals surface area contributed by atoms with Gasteiger partial charge in [-0.1, -0.05) is 18.2 Å². The second kappa shape index (κ2) is 4.35. The molecular weight excluding hydrogens is 287 g/mol. The van der Waals surface area contributed by atoms with Crippen molar-refractivity contribution in [2.24, 2.45) is 0 Å². The number of H-pyrrole nitrogens is 1. The van der Waals surface area contributed by atoms with Gasteiger partial charge < -0.3 is 4.98 Å². The highest BCUT2D eigenvalue weighted by Crippen LogP contribution is 2.40. The van der Waals surface area contributed by atoms with Crippen molar-refractivity contribution in [3.8, 4) is 17.2 Å². The molecule has 0 spiro atoms. The smallest absolute Gasteiger partial charge is 0.345 e. The van der Waals surface area contributed by atoms with Crippen LogP contribution >= 0.6 is 11.3 Å². The van der Waals surface area contributed by atoms with Crippen LogP contribution < -0.4 is 0 Å². The Morgan fingerprint density at radius 3 is 2.65 bits per heavy atom. The number of hydrogen-bond donors (Lipinski definition) is 1. The number of fused-ring (bicyclic) bond motifs is 1. The first kappa shape index (κ1) is 12.7. The van der Waals surface area contributed by atoms with Crippen molar-refractivity contribution in [1.82, 2.24) is 9.97 Å². The zero-order valence-corrected chi connectivity index (χ0v) is 10.6. The molecule has 0 aliphatic heterocycles. The lowest BCUT2D eigenvalue weighted by molar-refractivity contribution is -0.137. The summed E-state index contributed by atoms with van der Waals surface area (Å²) in [6.45, 7) is 0. The van der Waals surface area contributed by atoms with Crippen LogP contribution in [0.25, 0.3) is 21.5 Å². The Balaban J connectivity index is 2.26. The van der Waals surface area contributed by atoms with E-state index in [0.717, 1.165) is 17.4 Å². The van der Waals surface area contributed by atoms with Crippen molar-refractivity contribution < 1.29 is 13.2 Å². The van der Waals surface area contributed by atoms with Crippen molar-refractivity contribution in [3.05, 3.63) is 41.0 Å². The van der Waals surface area contributed by atoms with Crippen LogP contribution in [0.4, 0.5) is 13.2 Å². The Morgan fingerprint density at radius 1 is 1.20 bits per heavy atom. The van der Waals surface area contributed by atoms with E-state index in [4.69, 9.17) is 5.26 Å². The third kappa shape index (κ3) is 1.94. The molecule has 0 saturated heterocycles. The maximum atomic E-state index is 13.0. The minimum Gasteiger partial charge on any atom is -0.345 e. The van der Waals surface area contributed by atoms with Gasteiger partial charge in [-0.2, -0.15) is 18.4 Å². The second-order valence-corrected chi connectivity index (χ2v) is 5.05. The Hall–Kier alpha value is -2.33. The fraction of sp³-hybridized carbons (Fsp3) is 0.0769. The van der Waals surface area contributed by atoms with Crippen LogP contribution in [0.5, 0.6) is 0 Å². The fourth-order valence-electron chi connectivity index (χ4n) is 2.02. The quantitative estimate of drug-likeness (QED) is 0.731. The number of aromatic amines is 1. The molecule has 3 nitrogen and oxygen atoms in total. The van der Waals surface area contributed by atoms with Crippen LogP contribution in [0.3, 0.4) is 0 Å². The lowest BCUT2D eigenvalue weighted by Crippen LogP contribution is -2.06. The molecular formula is C13H6F3N3S. The topological polar surface area (TPSA) is 52.5 Å². The predicted molar refractivity (Wildman–Crippen MR) is 69.1 cm³/mol. The van der Waals surface area contributed by atoms with Crippen LogP contribution in [0.2, 0.25) is 0 Å². The summed E-state index contributed by atoms with van der Waals surface area (Å²) in [5, 5.41) is 9.03. The molecule has 1 aromatic carbocycles. The molecule has 20 heavy (non-hydrogen) atoms. The number of halogens is 3. The van der Waals surface area contributed by atoms with E-state index in [1.165, 1.54) is 18.3 Å². The summed E-state index contributed by atoms with van der Waals surface area (Å²) in [6, 6.07) is 7.25. The first-order chi connectivity index (χ1) is 9.50. The monoisotopic (exact) mass is 293 g/mol. The van der Waals surface area contributed by atoms with Gasteiger partial charge in [-0.3, -0.25) is 0 Å². The molecule has 0 bridgehead atoms. The predicted octanol–water partition coefficient (Wildman–Crippen LogP) is 4.18. The number of aromatic nitrogens is 2. The van der Waals surface area contributed by atoms with Crippen molar-refractivity contribution >= 4 is 21.7 Å². The van der Waals surface area contributed by atoms with E-state index >= 15 is 0 Å². The van der Waals surface area contributed by atoms with E-state index < -0.39 is 11.7 Å². The third-order valence-corrected chi connectivity index (χ3v) is 3.84. The largest absolute Gasteiger partial charge is 0.417 e. The molecule has 0 saturated carbocycles. The average Bonchev–Trinajstić information content (AvgIpc) is 2.96. The third-order valence-electron chi connectivity index (χ3n) is 2.84. The number of thiazole rings is 1. The zero-order chi connectivity index (χ0) is 14.3. The van der Waals surface area contributed by atoms with Gasteiger partial charge in [0.15, 0.2) is 10.7 Å². The second-order valence-electron chi connectivity index (χ2n) is 4.05. The first-order valence-electron chi connectivity index (χ1n) is 5.55. The zero-order valence-electron chi connectivity index (χ0n) is 9.82. The van der Waals surface area contributed by atoms with Crippen molar-refractivity contribution in [2.75, 3.05) is 0 Å². The molecule has 0 fully saturated rings. The normalized spacial score (nSPS) is 11.7. The number of hydrogen-bond acceptors (Lipinski definition) is 3. The van der Waals surface area contributed by atoms with Crippen molar-refractivity contribution in [1.29, 1.82) is 5.26 Å². The van der Waals surface area contributed by atoms with E-state index in [9.17, 15) is 13.2 Å². The van der Waals surface area contributed by atoms with E-state index in [1.807, 2.05) is 6.07 Å². The molecule has 0 atom stereocenters. The number of benzene rings is 1. The van der Waals surface area contributed by atoms with Gasteiger partial charge in [-0.25, -0.2) is 4.98 Å². The van der Waals surface area contributed by atoms with Gasteiger partial charge in [-0.15, -0.1) is 11.3 Å². The number of nitrogens with zero attached hydrogens (tertiary/aromatic N) is 2. The van der Waals surface area contributed by atoms with Crippen LogP contribution in [-0.4, -0.2) is 9.97 Å². The highest BCUT2D eigenvalue weighted by Gasteiger charge is 2.34. The van der Waals surface area contributed by atoms with E-state index in [0.29, 0.717) is 15.9 Å². The standard InChI is InChI=1S/C13H6F3N3S/c14-13(15,16)9-4-2-1-3-7(9)8-6-18-12-11(8)20-10(5-17)19-12/h1-4,6,18H. The van der Waals surface area contributed by atoms with Crippen LogP contribution in [-0.2, 0) is 6.18 Å². The Bertz CT molecular complexity index is 823. The highest BCUT2D eigenvalue weighted by molar-refractivity contribution is 7.19. The molecule has 0 aliphatic carbocycles. The average molecular weight is 293 g/mol. The van der Waals surface area contributed by atoms with E-state index in [2.05, 4.69) is 9.97 Å². The van der Waals surface area contributed by atoms with Gasteiger partial charge in [-0.05, 0) is 11.6 Å². The molecule has 1 N–H and O–H groups in total. The lowest BCUT2D eigenvalue weighted by atomic mass is 10.0. The SMILES string of the molecule is N#Cc1nc2[nH]cc(-c3ccccc3C(F)(F)F)c2s1. The molecule has 0 aliphatic rings. The minimum atomic E-state index is -4.43. The van der Waals surface area contributed by atoms with Crippen LogP contribution in [0.15, 0.2) is 30.5 Å². The highest BCUT2D eigenvalue weighted by atomic mass is 32.1. The molecule has 3 aromatic rings. The molecule has 0 radical (unpaired) electrons. The van der Waals surface area contributed by atoms with Gasteiger partial charge in [0.25, 0.3) is 0 Å². The molecule has 2 aromatic heterocycles.